The molecule has 17 heavy (non-hydrogen) atoms. The smallest absolute Gasteiger partial charge is 0.338 e. The summed E-state index contributed by atoms with van der Waals surface area (Å²) >= 11 is 0. The van der Waals surface area contributed by atoms with Crippen LogP contribution in [0.4, 0.5) is 0 Å². The summed E-state index contributed by atoms with van der Waals surface area (Å²) in [6.07, 6.45) is 10.3. The fraction of sp³-hybridized carbons (Fsp3) is 0.571. The van der Waals surface area contributed by atoms with Gasteiger partial charge >= 0.3 is 5.97 Å². The van der Waals surface area contributed by atoms with E-state index in [4.69, 9.17) is 0 Å². The van der Waals surface area contributed by atoms with Gasteiger partial charge in [-0.2, -0.15) is 0 Å². The highest BCUT2D eigenvalue weighted by Gasteiger charge is 2.07. The van der Waals surface area contributed by atoms with E-state index in [2.05, 4.69) is 16.2 Å². The van der Waals surface area contributed by atoms with Gasteiger partial charge in [-0.05, 0) is 6.42 Å². The zero-order valence-electron chi connectivity index (χ0n) is 10.8. The number of methoxy groups -OCH3 is 1. The van der Waals surface area contributed by atoms with Gasteiger partial charge in [0.2, 0.25) is 0 Å². The van der Waals surface area contributed by atoms with Crippen molar-refractivity contribution in [3.05, 3.63) is 30.1 Å². The molecule has 0 aliphatic heterocycles. The Labute approximate surface area is 103 Å². The van der Waals surface area contributed by atoms with Crippen molar-refractivity contribution in [1.82, 2.24) is 0 Å². The number of hydrogen-bond donors (Lipinski definition) is 0. The lowest BCUT2D eigenvalue weighted by molar-refractivity contribution is -0.697. The van der Waals surface area contributed by atoms with Gasteiger partial charge in [0, 0.05) is 18.6 Å². The molecule has 1 aromatic rings. The normalized spacial score (nSPS) is 10.2. The average Bonchev–Trinajstić information content (AvgIpc) is 2.38. The summed E-state index contributed by atoms with van der Waals surface area (Å²) in [6, 6.07) is 3.61. The van der Waals surface area contributed by atoms with Crippen LogP contribution < -0.4 is 4.57 Å². The molecule has 0 atom stereocenters. The second kappa shape index (κ2) is 7.82. The van der Waals surface area contributed by atoms with Crippen molar-refractivity contribution in [3.63, 3.8) is 0 Å². The zero-order chi connectivity index (χ0) is 12.5. The Morgan fingerprint density at radius 3 is 2.41 bits per heavy atom. The first-order valence-electron chi connectivity index (χ1n) is 6.35. The highest BCUT2D eigenvalue weighted by atomic mass is 16.5. The lowest BCUT2D eigenvalue weighted by atomic mass is 10.1. The molecule has 0 saturated heterocycles. The molecule has 0 fully saturated rings. The third-order valence-corrected chi connectivity index (χ3v) is 2.83. The van der Waals surface area contributed by atoms with Crippen LogP contribution >= 0.6 is 0 Å². The number of carbonyl (C=O) groups is 1. The standard InChI is InChI=1S/C14H22NO2/c1-3-4-5-6-7-10-15-11-8-13(9-12-15)14(16)17-2/h8-9,11-12H,3-7,10H2,1-2H3/q+1. The van der Waals surface area contributed by atoms with E-state index in [1.54, 1.807) is 12.1 Å². The third kappa shape index (κ3) is 4.98. The second-order valence-corrected chi connectivity index (χ2v) is 4.23. The fourth-order valence-electron chi connectivity index (χ4n) is 1.76. The predicted molar refractivity (Wildman–Crippen MR) is 66.7 cm³/mol. The molecule has 0 saturated carbocycles. The summed E-state index contributed by atoms with van der Waals surface area (Å²) < 4.78 is 6.76. The maximum Gasteiger partial charge on any atom is 0.338 e. The lowest BCUT2D eigenvalue weighted by Crippen LogP contribution is -2.32. The highest BCUT2D eigenvalue weighted by Crippen LogP contribution is 2.02. The van der Waals surface area contributed by atoms with Gasteiger partial charge in [0.05, 0.1) is 12.7 Å². The molecule has 0 bridgehead atoms. The topological polar surface area (TPSA) is 30.2 Å². The quantitative estimate of drug-likeness (QED) is 0.414. The van der Waals surface area contributed by atoms with Crippen molar-refractivity contribution in [3.8, 4) is 0 Å². The van der Waals surface area contributed by atoms with Crippen LogP contribution in [0.5, 0.6) is 0 Å². The Balaban J connectivity index is 2.33. The number of esters is 1. The molecule has 0 N–H and O–H groups in total. The van der Waals surface area contributed by atoms with Crippen LogP contribution in [0.3, 0.4) is 0 Å². The van der Waals surface area contributed by atoms with Crippen molar-refractivity contribution in [1.29, 1.82) is 0 Å². The van der Waals surface area contributed by atoms with Crippen LogP contribution in [0.2, 0.25) is 0 Å². The summed E-state index contributed by atoms with van der Waals surface area (Å²) in [5.41, 5.74) is 0.606. The molecule has 0 unspecified atom stereocenters. The van der Waals surface area contributed by atoms with Crippen molar-refractivity contribution in [2.24, 2.45) is 0 Å². The van der Waals surface area contributed by atoms with E-state index in [0.717, 1.165) is 6.54 Å². The molecule has 0 aromatic carbocycles. The number of rotatable bonds is 7. The first kappa shape index (κ1) is 13.7. The molecule has 1 heterocycles. The zero-order valence-corrected chi connectivity index (χ0v) is 10.8. The van der Waals surface area contributed by atoms with E-state index < -0.39 is 0 Å². The van der Waals surface area contributed by atoms with Gasteiger partial charge in [-0.15, -0.1) is 0 Å². The highest BCUT2D eigenvalue weighted by molar-refractivity contribution is 5.88. The van der Waals surface area contributed by atoms with Crippen LogP contribution in [0.15, 0.2) is 24.5 Å². The Hall–Kier alpha value is -1.38. The van der Waals surface area contributed by atoms with Crippen molar-refractivity contribution >= 4 is 5.97 Å². The van der Waals surface area contributed by atoms with Crippen LogP contribution in [0.1, 0.15) is 49.4 Å². The molecule has 0 aliphatic rings. The Bertz CT molecular complexity index is 333. The molecule has 0 spiro atoms. The summed E-state index contributed by atoms with van der Waals surface area (Å²) in [6.45, 7) is 3.24. The summed E-state index contributed by atoms with van der Waals surface area (Å²) in [5.74, 6) is -0.278. The van der Waals surface area contributed by atoms with Gasteiger partial charge in [0.1, 0.15) is 6.54 Å². The van der Waals surface area contributed by atoms with Crippen LogP contribution in [-0.2, 0) is 11.3 Å². The van der Waals surface area contributed by atoms with Crippen LogP contribution in [-0.4, -0.2) is 13.1 Å². The van der Waals surface area contributed by atoms with E-state index in [-0.39, 0.29) is 5.97 Å². The number of carbonyl (C=O) groups excluding carboxylic acids is 1. The summed E-state index contributed by atoms with van der Waals surface area (Å²) in [4.78, 5) is 11.2. The minimum atomic E-state index is -0.278. The minimum Gasteiger partial charge on any atom is -0.465 e. The number of pyridine rings is 1. The van der Waals surface area contributed by atoms with Gasteiger partial charge < -0.3 is 4.74 Å². The molecule has 94 valence electrons. The number of aromatic nitrogens is 1. The molecule has 0 aliphatic carbocycles. The van der Waals surface area contributed by atoms with E-state index in [1.165, 1.54) is 39.2 Å². The van der Waals surface area contributed by atoms with Crippen molar-refractivity contribution in [2.45, 2.75) is 45.6 Å². The lowest BCUT2D eigenvalue weighted by Gasteiger charge is -1.99. The molecular weight excluding hydrogens is 214 g/mol. The van der Waals surface area contributed by atoms with Gasteiger partial charge in [0.25, 0.3) is 0 Å². The second-order valence-electron chi connectivity index (χ2n) is 4.23. The van der Waals surface area contributed by atoms with E-state index in [1.807, 2.05) is 12.4 Å². The molecule has 1 rings (SSSR count). The van der Waals surface area contributed by atoms with Crippen molar-refractivity contribution < 1.29 is 14.1 Å². The monoisotopic (exact) mass is 236 g/mol. The Kier molecular flexibility index (Phi) is 6.30. The molecular formula is C14H22NO2+. The molecule has 0 radical (unpaired) electrons. The summed E-state index contributed by atoms with van der Waals surface area (Å²) in [7, 11) is 1.40. The number of nitrogens with zero attached hydrogens (tertiary/aromatic N) is 1. The number of hydrogen-bond acceptors (Lipinski definition) is 2. The molecule has 0 amide bonds. The van der Waals surface area contributed by atoms with Crippen molar-refractivity contribution in [2.75, 3.05) is 7.11 Å². The van der Waals surface area contributed by atoms with Gasteiger partial charge in [0.15, 0.2) is 12.4 Å². The van der Waals surface area contributed by atoms with E-state index in [9.17, 15) is 4.79 Å². The first-order chi connectivity index (χ1) is 8.27. The maximum absolute atomic E-state index is 11.2. The van der Waals surface area contributed by atoms with E-state index in [0.29, 0.717) is 5.56 Å². The average molecular weight is 236 g/mol. The molecule has 3 heteroatoms. The fourth-order valence-corrected chi connectivity index (χ4v) is 1.76. The van der Waals surface area contributed by atoms with Crippen LogP contribution in [0.25, 0.3) is 0 Å². The van der Waals surface area contributed by atoms with Gasteiger partial charge in [-0.3, -0.25) is 0 Å². The largest absolute Gasteiger partial charge is 0.465 e. The minimum absolute atomic E-state index is 0.278. The predicted octanol–water partition coefficient (Wildman–Crippen LogP) is 2.73. The SMILES string of the molecule is CCCCCCC[n+]1ccc(C(=O)OC)cc1. The Morgan fingerprint density at radius 2 is 1.82 bits per heavy atom. The molecule has 1 aromatic heterocycles. The van der Waals surface area contributed by atoms with Gasteiger partial charge in [-0.25, -0.2) is 9.36 Å². The van der Waals surface area contributed by atoms with Crippen LogP contribution in [0, 0.1) is 0 Å². The number of ether oxygens (including phenoxy) is 1. The van der Waals surface area contributed by atoms with E-state index >= 15 is 0 Å². The maximum atomic E-state index is 11.2. The number of aryl methyl sites for hydroxylation is 1. The molecule has 3 nitrogen and oxygen atoms in total. The summed E-state index contributed by atoms with van der Waals surface area (Å²) in [5, 5.41) is 0. The number of unbranched alkanes of at least 4 members (excludes halogenated alkanes) is 4. The third-order valence-electron chi connectivity index (χ3n) is 2.83. The Morgan fingerprint density at radius 1 is 1.18 bits per heavy atom. The first-order valence-corrected chi connectivity index (χ1v) is 6.35. The van der Waals surface area contributed by atoms with Gasteiger partial charge in [-0.1, -0.05) is 26.2 Å².